The molecule has 0 saturated carbocycles. The van der Waals surface area contributed by atoms with Crippen molar-refractivity contribution in [2.24, 2.45) is 0 Å². The largest absolute Gasteiger partial charge is 0.310 e. The topological polar surface area (TPSA) is 3.24 Å². The summed E-state index contributed by atoms with van der Waals surface area (Å²) in [5, 5.41) is 7.72. The van der Waals surface area contributed by atoms with Crippen molar-refractivity contribution in [1.82, 2.24) is 0 Å². The van der Waals surface area contributed by atoms with Crippen molar-refractivity contribution in [1.29, 1.82) is 0 Å². The molecular formula is C50H33NS. The summed E-state index contributed by atoms with van der Waals surface area (Å²) in [4.78, 5) is 2.36. The molecule has 0 aliphatic carbocycles. The van der Waals surface area contributed by atoms with E-state index in [0.717, 1.165) is 17.1 Å². The van der Waals surface area contributed by atoms with Crippen LogP contribution in [0.4, 0.5) is 17.1 Å². The predicted molar refractivity (Wildman–Crippen MR) is 225 cm³/mol. The van der Waals surface area contributed by atoms with Crippen molar-refractivity contribution in [2.45, 2.75) is 0 Å². The second-order valence-electron chi connectivity index (χ2n) is 13.4. The maximum Gasteiger partial charge on any atom is 0.0467 e. The summed E-state index contributed by atoms with van der Waals surface area (Å²) in [7, 11) is 0. The van der Waals surface area contributed by atoms with Gasteiger partial charge in [0.05, 0.1) is 0 Å². The number of anilines is 3. The normalized spacial score (nSPS) is 11.5. The van der Waals surface area contributed by atoms with Gasteiger partial charge in [0.1, 0.15) is 0 Å². The fraction of sp³-hybridized carbons (Fsp3) is 0. The molecule has 1 nitrogen and oxygen atoms in total. The Hall–Kier alpha value is -6.48. The van der Waals surface area contributed by atoms with E-state index in [1.54, 1.807) is 0 Å². The number of hydrogen-bond donors (Lipinski definition) is 0. The van der Waals surface area contributed by atoms with Crippen molar-refractivity contribution in [3.63, 3.8) is 0 Å². The highest BCUT2D eigenvalue weighted by atomic mass is 32.1. The van der Waals surface area contributed by atoms with Gasteiger partial charge in [0.25, 0.3) is 0 Å². The Balaban J connectivity index is 1.05. The average molecular weight is 680 g/mol. The van der Waals surface area contributed by atoms with Gasteiger partial charge in [0, 0.05) is 37.2 Å². The first-order chi connectivity index (χ1) is 25.7. The number of fused-ring (bicyclic) bond motifs is 5. The first-order valence-corrected chi connectivity index (χ1v) is 18.6. The number of nitrogens with zero attached hydrogens (tertiary/aromatic N) is 1. The molecule has 0 bridgehead atoms. The first-order valence-electron chi connectivity index (χ1n) is 17.7. The van der Waals surface area contributed by atoms with E-state index < -0.39 is 0 Å². The van der Waals surface area contributed by atoms with E-state index in [9.17, 15) is 0 Å². The van der Waals surface area contributed by atoms with Gasteiger partial charge in [-0.3, -0.25) is 0 Å². The molecule has 0 radical (unpaired) electrons. The summed E-state index contributed by atoms with van der Waals surface area (Å²) < 4.78 is 2.66. The lowest BCUT2D eigenvalue weighted by atomic mass is 9.99. The number of benzene rings is 9. The van der Waals surface area contributed by atoms with Gasteiger partial charge in [-0.1, -0.05) is 133 Å². The summed E-state index contributed by atoms with van der Waals surface area (Å²) >= 11 is 1.87. The molecule has 10 rings (SSSR count). The van der Waals surface area contributed by atoms with Crippen LogP contribution in [0.5, 0.6) is 0 Å². The molecule has 0 saturated heterocycles. The zero-order valence-corrected chi connectivity index (χ0v) is 29.2. The predicted octanol–water partition coefficient (Wildman–Crippen LogP) is 14.8. The summed E-state index contributed by atoms with van der Waals surface area (Å²) in [6.07, 6.45) is 0. The van der Waals surface area contributed by atoms with E-state index >= 15 is 0 Å². The van der Waals surface area contributed by atoms with Crippen LogP contribution in [-0.2, 0) is 0 Å². The second kappa shape index (κ2) is 12.7. The molecule has 0 N–H and O–H groups in total. The Morgan fingerprint density at radius 1 is 0.269 bits per heavy atom. The molecule has 1 heterocycles. The summed E-state index contributed by atoms with van der Waals surface area (Å²) in [6.45, 7) is 0. The number of thiophene rings is 1. The Kier molecular flexibility index (Phi) is 7.41. The molecule has 0 fully saturated rings. The van der Waals surface area contributed by atoms with Crippen LogP contribution in [0.1, 0.15) is 0 Å². The van der Waals surface area contributed by atoms with Gasteiger partial charge in [-0.2, -0.15) is 0 Å². The van der Waals surface area contributed by atoms with Crippen LogP contribution in [0.25, 0.3) is 75.1 Å². The Labute approximate surface area is 307 Å². The second-order valence-corrected chi connectivity index (χ2v) is 14.5. The first kappa shape index (κ1) is 30.4. The van der Waals surface area contributed by atoms with Crippen LogP contribution < -0.4 is 4.90 Å². The Morgan fingerprint density at radius 3 is 1.50 bits per heavy atom. The van der Waals surface area contributed by atoms with Crippen LogP contribution in [0.2, 0.25) is 0 Å². The van der Waals surface area contributed by atoms with Crippen LogP contribution in [0, 0.1) is 0 Å². The minimum absolute atomic E-state index is 1.11. The van der Waals surface area contributed by atoms with Crippen molar-refractivity contribution in [2.75, 3.05) is 4.90 Å². The highest BCUT2D eigenvalue weighted by Gasteiger charge is 2.15. The van der Waals surface area contributed by atoms with E-state index in [1.807, 2.05) is 11.3 Å². The van der Waals surface area contributed by atoms with E-state index in [2.05, 4.69) is 205 Å². The Bertz CT molecular complexity index is 2890. The molecule has 244 valence electrons. The molecule has 52 heavy (non-hydrogen) atoms. The monoisotopic (exact) mass is 679 g/mol. The van der Waals surface area contributed by atoms with E-state index in [0.29, 0.717) is 0 Å². The van der Waals surface area contributed by atoms with Gasteiger partial charge < -0.3 is 4.90 Å². The fourth-order valence-corrected chi connectivity index (χ4v) is 8.64. The van der Waals surface area contributed by atoms with Crippen LogP contribution in [0.3, 0.4) is 0 Å². The number of rotatable bonds is 6. The van der Waals surface area contributed by atoms with Gasteiger partial charge in [0.2, 0.25) is 0 Å². The molecule has 0 amide bonds. The lowest BCUT2D eigenvalue weighted by molar-refractivity contribution is 1.28. The highest BCUT2D eigenvalue weighted by molar-refractivity contribution is 7.25. The summed E-state index contributed by atoms with van der Waals surface area (Å²) in [5.74, 6) is 0. The van der Waals surface area contributed by atoms with Crippen LogP contribution in [-0.4, -0.2) is 0 Å². The Morgan fingerprint density at radius 2 is 0.769 bits per heavy atom. The molecule has 9 aromatic carbocycles. The van der Waals surface area contributed by atoms with Crippen LogP contribution >= 0.6 is 11.3 Å². The van der Waals surface area contributed by atoms with E-state index in [-0.39, 0.29) is 0 Å². The molecule has 0 unspecified atom stereocenters. The molecule has 0 atom stereocenters. The molecule has 0 aliphatic heterocycles. The maximum atomic E-state index is 2.37. The molecule has 10 aromatic rings. The highest BCUT2D eigenvalue weighted by Crippen LogP contribution is 2.41. The molecule has 1 aromatic heterocycles. The molecule has 0 spiro atoms. The quantitative estimate of drug-likeness (QED) is 0.169. The van der Waals surface area contributed by atoms with Crippen molar-refractivity contribution in [3.05, 3.63) is 200 Å². The van der Waals surface area contributed by atoms with Gasteiger partial charge in [-0.15, -0.1) is 11.3 Å². The zero-order chi connectivity index (χ0) is 34.4. The lowest BCUT2D eigenvalue weighted by Crippen LogP contribution is -2.10. The number of hydrogen-bond acceptors (Lipinski definition) is 2. The van der Waals surface area contributed by atoms with Gasteiger partial charge in [0.15, 0.2) is 0 Å². The SMILES string of the molecule is c1ccc(-c2ccc(N(c3ccc(-c4ccc5sc6cc7ccccc7cc6c5c4)cc3)c3cccc(-c4ccc5ccccc5c4)c3)cc2)cc1. The van der Waals surface area contributed by atoms with E-state index in [1.165, 1.54) is 75.1 Å². The third-order valence-electron chi connectivity index (χ3n) is 10.2. The maximum absolute atomic E-state index is 2.37. The summed E-state index contributed by atoms with van der Waals surface area (Å²) in [6, 6.07) is 73.0. The molecule has 2 heteroatoms. The fourth-order valence-electron chi connectivity index (χ4n) is 7.52. The van der Waals surface area contributed by atoms with Crippen LogP contribution in [0.15, 0.2) is 200 Å². The third kappa shape index (κ3) is 5.51. The van der Waals surface area contributed by atoms with Crippen molar-refractivity contribution < 1.29 is 0 Å². The molecule has 0 aliphatic rings. The smallest absolute Gasteiger partial charge is 0.0467 e. The lowest BCUT2D eigenvalue weighted by Gasteiger charge is -2.26. The van der Waals surface area contributed by atoms with Crippen molar-refractivity contribution in [3.8, 4) is 33.4 Å². The van der Waals surface area contributed by atoms with E-state index in [4.69, 9.17) is 0 Å². The standard InChI is InChI=1S/C50H33NS/c1-2-9-34(10-3-1)36-19-24-44(25-20-36)51(46-16-8-15-39(30-46)42-18-17-35-11-4-5-12-38(35)29-42)45-26-21-37(22-27-45)43-23-28-49-47(32-43)48-31-40-13-6-7-14-41(40)33-50(48)52-49/h1-33H. The third-order valence-corrected chi connectivity index (χ3v) is 11.3. The van der Waals surface area contributed by atoms with Gasteiger partial charge in [-0.25, -0.2) is 0 Å². The van der Waals surface area contributed by atoms with Crippen molar-refractivity contribution >= 4 is 70.1 Å². The van der Waals surface area contributed by atoms with Gasteiger partial charge in [-0.05, 0) is 122 Å². The van der Waals surface area contributed by atoms with Gasteiger partial charge >= 0.3 is 0 Å². The summed E-state index contributed by atoms with van der Waals surface area (Å²) in [5.41, 5.74) is 10.6. The zero-order valence-electron chi connectivity index (χ0n) is 28.4. The minimum Gasteiger partial charge on any atom is -0.310 e. The minimum atomic E-state index is 1.11. The average Bonchev–Trinajstić information content (AvgIpc) is 3.57. The molecular weight excluding hydrogens is 647 g/mol.